The van der Waals surface area contributed by atoms with Crippen LogP contribution in [0.5, 0.6) is 5.75 Å². The smallest absolute Gasteiger partial charge is 0.277 e. The van der Waals surface area contributed by atoms with Gasteiger partial charge in [-0.2, -0.15) is 5.10 Å². The molecular formula is C13H11FN2O2S. The molecule has 0 spiro atoms. The molecule has 2 rings (SSSR count). The van der Waals surface area contributed by atoms with Crippen molar-refractivity contribution in [1.82, 2.24) is 5.43 Å². The normalized spacial score (nSPS) is 10.6. The third kappa shape index (κ3) is 4.18. The summed E-state index contributed by atoms with van der Waals surface area (Å²) in [5.41, 5.74) is 2.30. The molecule has 0 fully saturated rings. The highest BCUT2D eigenvalue weighted by molar-refractivity contribution is 7.11. The number of hydrazone groups is 1. The van der Waals surface area contributed by atoms with Crippen LogP contribution in [0.15, 0.2) is 46.9 Å². The Bertz CT molecular complexity index is 570. The van der Waals surface area contributed by atoms with Crippen LogP contribution in [0.2, 0.25) is 0 Å². The van der Waals surface area contributed by atoms with Gasteiger partial charge in [0.05, 0.1) is 6.21 Å². The minimum atomic E-state index is -0.502. The first-order valence-corrected chi connectivity index (χ1v) is 6.36. The molecular weight excluding hydrogens is 267 g/mol. The van der Waals surface area contributed by atoms with Gasteiger partial charge < -0.3 is 4.74 Å². The second-order valence-electron chi connectivity index (χ2n) is 3.53. The van der Waals surface area contributed by atoms with Crippen molar-refractivity contribution in [3.63, 3.8) is 0 Å². The molecule has 4 nitrogen and oxygen atoms in total. The Morgan fingerprint density at radius 2 is 2.21 bits per heavy atom. The van der Waals surface area contributed by atoms with Crippen LogP contribution in [0, 0.1) is 5.82 Å². The summed E-state index contributed by atoms with van der Waals surface area (Å²) in [7, 11) is 0. The summed E-state index contributed by atoms with van der Waals surface area (Å²) in [6.45, 7) is -0.289. The molecule has 98 valence electrons. The van der Waals surface area contributed by atoms with E-state index in [1.807, 2.05) is 17.5 Å². The highest BCUT2D eigenvalue weighted by atomic mass is 32.1. The van der Waals surface area contributed by atoms with Gasteiger partial charge in [-0.05, 0) is 23.6 Å². The van der Waals surface area contributed by atoms with Gasteiger partial charge in [-0.1, -0.05) is 18.2 Å². The molecule has 19 heavy (non-hydrogen) atoms. The minimum Gasteiger partial charge on any atom is -0.481 e. The van der Waals surface area contributed by atoms with Crippen LogP contribution in [0.3, 0.4) is 0 Å². The van der Waals surface area contributed by atoms with Crippen LogP contribution in [0.1, 0.15) is 4.88 Å². The summed E-state index contributed by atoms with van der Waals surface area (Å²) in [5.74, 6) is -0.909. The fourth-order valence-electron chi connectivity index (χ4n) is 1.27. The monoisotopic (exact) mass is 278 g/mol. The van der Waals surface area contributed by atoms with Gasteiger partial charge in [0.25, 0.3) is 5.91 Å². The highest BCUT2D eigenvalue weighted by Crippen LogP contribution is 2.14. The third-order valence-electron chi connectivity index (χ3n) is 2.12. The van der Waals surface area contributed by atoms with Gasteiger partial charge in [-0.15, -0.1) is 11.3 Å². The summed E-state index contributed by atoms with van der Waals surface area (Å²) in [6, 6.07) is 9.66. The number of ether oxygens (including phenoxy) is 1. The number of carbonyl (C=O) groups excluding carboxylic acids is 1. The molecule has 0 bridgehead atoms. The van der Waals surface area contributed by atoms with Crippen LogP contribution in [0.4, 0.5) is 4.39 Å². The Morgan fingerprint density at radius 1 is 1.37 bits per heavy atom. The molecule has 0 saturated carbocycles. The van der Waals surface area contributed by atoms with Crippen LogP contribution in [-0.4, -0.2) is 18.7 Å². The summed E-state index contributed by atoms with van der Waals surface area (Å²) in [6.07, 6.45) is 1.53. The van der Waals surface area contributed by atoms with Crippen LogP contribution < -0.4 is 10.2 Å². The van der Waals surface area contributed by atoms with E-state index in [1.165, 1.54) is 29.7 Å². The number of benzene rings is 1. The number of thiophene rings is 1. The molecule has 1 N–H and O–H groups in total. The molecule has 0 unspecified atom stereocenters. The molecule has 0 aliphatic carbocycles. The van der Waals surface area contributed by atoms with E-state index in [-0.39, 0.29) is 12.4 Å². The molecule has 1 heterocycles. The Kier molecular flexibility index (Phi) is 4.63. The van der Waals surface area contributed by atoms with Gasteiger partial charge in [0.2, 0.25) is 0 Å². The maximum Gasteiger partial charge on any atom is 0.277 e. The Balaban J connectivity index is 1.78. The van der Waals surface area contributed by atoms with Gasteiger partial charge >= 0.3 is 0 Å². The van der Waals surface area contributed by atoms with Crippen molar-refractivity contribution in [2.75, 3.05) is 6.61 Å². The second kappa shape index (κ2) is 6.65. The molecule has 1 aromatic carbocycles. The largest absolute Gasteiger partial charge is 0.481 e. The van der Waals surface area contributed by atoms with Crippen molar-refractivity contribution in [1.29, 1.82) is 0 Å². The van der Waals surface area contributed by atoms with E-state index in [2.05, 4.69) is 10.5 Å². The Labute approximate surface area is 113 Å². The van der Waals surface area contributed by atoms with E-state index < -0.39 is 11.7 Å². The molecule has 0 atom stereocenters. The fourth-order valence-corrected chi connectivity index (χ4v) is 1.85. The maximum absolute atomic E-state index is 13.2. The van der Waals surface area contributed by atoms with Crippen molar-refractivity contribution in [3.8, 4) is 5.75 Å². The van der Waals surface area contributed by atoms with Crippen molar-refractivity contribution < 1.29 is 13.9 Å². The lowest BCUT2D eigenvalue weighted by Gasteiger charge is -2.05. The van der Waals surface area contributed by atoms with Crippen molar-refractivity contribution >= 4 is 23.5 Å². The van der Waals surface area contributed by atoms with E-state index in [4.69, 9.17) is 4.74 Å². The van der Waals surface area contributed by atoms with Crippen LogP contribution >= 0.6 is 11.3 Å². The summed E-state index contributed by atoms with van der Waals surface area (Å²) in [5, 5.41) is 5.67. The van der Waals surface area contributed by atoms with Crippen molar-refractivity contribution in [2.24, 2.45) is 5.10 Å². The first-order chi connectivity index (χ1) is 9.25. The Hall–Kier alpha value is -2.21. The number of hydrogen-bond acceptors (Lipinski definition) is 4. The zero-order valence-electron chi connectivity index (χ0n) is 9.88. The van der Waals surface area contributed by atoms with E-state index in [0.29, 0.717) is 0 Å². The SMILES string of the molecule is O=C(COc1ccccc1F)N/N=C\c1cccs1. The van der Waals surface area contributed by atoms with Crippen LogP contribution in [0.25, 0.3) is 0 Å². The lowest BCUT2D eigenvalue weighted by molar-refractivity contribution is -0.123. The summed E-state index contributed by atoms with van der Waals surface area (Å²) in [4.78, 5) is 12.3. The first-order valence-electron chi connectivity index (χ1n) is 5.48. The molecule has 1 aromatic heterocycles. The predicted octanol–water partition coefficient (Wildman–Crippen LogP) is 2.42. The molecule has 0 aliphatic rings. The molecule has 2 aromatic rings. The quantitative estimate of drug-likeness (QED) is 0.674. The number of nitrogens with zero attached hydrogens (tertiary/aromatic N) is 1. The second-order valence-corrected chi connectivity index (χ2v) is 4.51. The lowest BCUT2D eigenvalue weighted by atomic mass is 10.3. The molecule has 1 amide bonds. The maximum atomic E-state index is 13.2. The molecule has 0 saturated heterocycles. The van der Waals surface area contributed by atoms with Crippen molar-refractivity contribution in [2.45, 2.75) is 0 Å². The minimum absolute atomic E-state index is 0.0416. The number of hydrogen-bond donors (Lipinski definition) is 1. The van der Waals surface area contributed by atoms with E-state index >= 15 is 0 Å². The van der Waals surface area contributed by atoms with E-state index in [0.717, 1.165) is 4.88 Å². The number of carbonyl (C=O) groups is 1. The average Bonchev–Trinajstić information content (AvgIpc) is 2.91. The summed E-state index contributed by atoms with van der Waals surface area (Å²) < 4.78 is 18.2. The number of para-hydroxylation sites is 1. The number of nitrogens with one attached hydrogen (secondary N) is 1. The lowest BCUT2D eigenvalue weighted by Crippen LogP contribution is -2.24. The summed E-state index contributed by atoms with van der Waals surface area (Å²) >= 11 is 1.51. The third-order valence-corrected chi connectivity index (χ3v) is 2.93. The molecule has 0 aliphatic heterocycles. The molecule has 6 heteroatoms. The van der Waals surface area contributed by atoms with E-state index in [1.54, 1.807) is 12.1 Å². The standard InChI is InChI=1S/C13H11FN2O2S/c14-11-5-1-2-6-12(11)18-9-13(17)16-15-8-10-4-3-7-19-10/h1-8H,9H2,(H,16,17)/b15-8-. The van der Waals surface area contributed by atoms with Gasteiger partial charge in [0.15, 0.2) is 18.2 Å². The topological polar surface area (TPSA) is 50.7 Å². The first kappa shape index (κ1) is 13.2. The van der Waals surface area contributed by atoms with Gasteiger partial charge in [0.1, 0.15) is 0 Å². The van der Waals surface area contributed by atoms with Gasteiger partial charge in [0, 0.05) is 4.88 Å². The van der Waals surface area contributed by atoms with Crippen LogP contribution in [-0.2, 0) is 4.79 Å². The van der Waals surface area contributed by atoms with E-state index in [9.17, 15) is 9.18 Å². The Morgan fingerprint density at radius 3 is 2.95 bits per heavy atom. The predicted molar refractivity (Wildman–Crippen MR) is 72.0 cm³/mol. The number of amides is 1. The highest BCUT2D eigenvalue weighted by Gasteiger charge is 2.04. The zero-order valence-corrected chi connectivity index (χ0v) is 10.7. The zero-order chi connectivity index (χ0) is 13.5. The fraction of sp³-hybridized carbons (Fsp3) is 0.0769. The van der Waals surface area contributed by atoms with Gasteiger partial charge in [-0.3, -0.25) is 4.79 Å². The molecule has 0 radical (unpaired) electrons. The van der Waals surface area contributed by atoms with Gasteiger partial charge in [-0.25, -0.2) is 9.82 Å². The average molecular weight is 278 g/mol. The number of halogens is 1. The number of rotatable bonds is 5. The van der Waals surface area contributed by atoms with Crippen molar-refractivity contribution in [3.05, 3.63) is 52.5 Å².